The SMILES string of the molecule is CCCOc1ncccc1CN=C(NCC)NC1CC1C. The molecular formula is C16H26N4O. The van der Waals surface area contributed by atoms with E-state index in [0.29, 0.717) is 25.1 Å². The Balaban J connectivity index is 1.99. The number of aromatic nitrogens is 1. The largest absolute Gasteiger partial charge is 0.477 e. The molecule has 2 rings (SSSR count). The van der Waals surface area contributed by atoms with Crippen LogP contribution in [0.1, 0.15) is 39.2 Å². The van der Waals surface area contributed by atoms with Gasteiger partial charge in [-0.1, -0.05) is 19.9 Å². The van der Waals surface area contributed by atoms with Crippen LogP contribution in [0.2, 0.25) is 0 Å². The fraction of sp³-hybridized carbons (Fsp3) is 0.625. The molecule has 1 fully saturated rings. The van der Waals surface area contributed by atoms with Gasteiger partial charge >= 0.3 is 0 Å². The van der Waals surface area contributed by atoms with Crippen molar-refractivity contribution >= 4 is 5.96 Å². The van der Waals surface area contributed by atoms with Crippen LogP contribution in [0, 0.1) is 5.92 Å². The molecule has 1 aliphatic rings. The molecule has 0 bridgehead atoms. The second-order valence-corrected chi connectivity index (χ2v) is 5.48. The number of guanidine groups is 1. The van der Waals surface area contributed by atoms with Gasteiger partial charge in [-0.2, -0.15) is 0 Å². The summed E-state index contributed by atoms with van der Waals surface area (Å²) < 4.78 is 5.67. The smallest absolute Gasteiger partial charge is 0.218 e. The monoisotopic (exact) mass is 290 g/mol. The minimum absolute atomic E-state index is 0.563. The summed E-state index contributed by atoms with van der Waals surface area (Å²) in [6.07, 6.45) is 3.96. The Morgan fingerprint density at radius 1 is 1.48 bits per heavy atom. The summed E-state index contributed by atoms with van der Waals surface area (Å²) in [6, 6.07) is 4.50. The lowest BCUT2D eigenvalue weighted by Gasteiger charge is -2.12. The number of nitrogens with one attached hydrogen (secondary N) is 2. The highest BCUT2D eigenvalue weighted by atomic mass is 16.5. The predicted octanol–water partition coefficient (Wildman–Crippen LogP) is 2.33. The molecule has 0 aromatic carbocycles. The molecule has 1 aromatic heterocycles. The van der Waals surface area contributed by atoms with Crippen LogP contribution in [-0.2, 0) is 6.54 Å². The second-order valence-electron chi connectivity index (χ2n) is 5.48. The van der Waals surface area contributed by atoms with Gasteiger partial charge in [-0.05, 0) is 31.7 Å². The standard InChI is InChI=1S/C16H26N4O/c1-4-9-21-15-13(7-6-8-18-15)11-19-16(17-5-2)20-14-10-12(14)3/h6-8,12,14H,4-5,9-11H2,1-3H3,(H2,17,19,20). The number of hydrogen-bond acceptors (Lipinski definition) is 3. The molecule has 116 valence electrons. The predicted molar refractivity (Wildman–Crippen MR) is 85.5 cm³/mol. The Morgan fingerprint density at radius 3 is 2.95 bits per heavy atom. The van der Waals surface area contributed by atoms with E-state index >= 15 is 0 Å². The van der Waals surface area contributed by atoms with E-state index in [4.69, 9.17) is 4.74 Å². The molecule has 0 amide bonds. The van der Waals surface area contributed by atoms with Gasteiger partial charge in [-0.25, -0.2) is 9.98 Å². The van der Waals surface area contributed by atoms with Crippen LogP contribution in [0.3, 0.4) is 0 Å². The molecule has 1 saturated carbocycles. The fourth-order valence-corrected chi connectivity index (χ4v) is 2.06. The first-order chi connectivity index (χ1) is 10.2. The molecule has 0 radical (unpaired) electrons. The summed E-state index contributed by atoms with van der Waals surface area (Å²) in [7, 11) is 0. The summed E-state index contributed by atoms with van der Waals surface area (Å²) >= 11 is 0. The zero-order valence-corrected chi connectivity index (χ0v) is 13.2. The van der Waals surface area contributed by atoms with Crippen molar-refractivity contribution in [2.24, 2.45) is 10.9 Å². The summed E-state index contributed by atoms with van der Waals surface area (Å²) in [5, 5.41) is 6.74. The molecule has 0 aliphatic heterocycles. The van der Waals surface area contributed by atoms with E-state index in [-0.39, 0.29) is 0 Å². The van der Waals surface area contributed by atoms with Crippen molar-refractivity contribution in [3.63, 3.8) is 0 Å². The van der Waals surface area contributed by atoms with Crippen molar-refractivity contribution in [1.82, 2.24) is 15.6 Å². The van der Waals surface area contributed by atoms with Crippen molar-refractivity contribution in [3.05, 3.63) is 23.9 Å². The van der Waals surface area contributed by atoms with E-state index in [2.05, 4.69) is 41.4 Å². The average Bonchev–Trinajstić information content (AvgIpc) is 3.19. The van der Waals surface area contributed by atoms with Crippen LogP contribution in [-0.4, -0.2) is 30.1 Å². The van der Waals surface area contributed by atoms with Crippen molar-refractivity contribution < 1.29 is 4.74 Å². The minimum Gasteiger partial charge on any atom is -0.477 e. The highest BCUT2D eigenvalue weighted by Crippen LogP contribution is 2.28. The Morgan fingerprint density at radius 2 is 2.29 bits per heavy atom. The number of pyridine rings is 1. The van der Waals surface area contributed by atoms with Gasteiger partial charge in [0.1, 0.15) is 0 Å². The van der Waals surface area contributed by atoms with E-state index in [9.17, 15) is 0 Å². The van der Waals surface area contributed by atoms with Crippen LogP contribution in [0.15, 0.2) is 23.3 Å². The van der Waals surface area contributed by atoms with Crippen LogP contribution < -0.4 is 15.4 Å². The maximum atomic E-state index is 5.67. The first-order valence-electron chi connectivity index (χ1n) is 7.86. The Labute approximate surface area is 127 Å². The van der Waals surface area contributed by atoms with Crippen LogP contribution >= 0.6 is 0 Å². The maximum Gasteiger partial charge on any atom is 0.218 e. The average molecular weight is 290 g/mol. The number of hydrogen-bond donors (Lipinski definition) is 2. The second kappa shape index (κ2) is 7.86. The number of nitrogens with zero attached hydrogens (tertiary/aromatic N) is 2. The molecule has 1 aromatic rings. The van der Waals surface area contributed by atoms with Gasteiger partial charge in [-0.3, -0.25) is 0 Å². The molecule has 21 heavy (non-hydrogen) atoms. The van der Waals surface area contributed by atoms with Crippen molar-refractivity contribution in [1.29, 1.82) is 0 Å². The van der Waals surface area contributed by atoms with E-state index < -0.39 is 0 Å². The lowest BCUT2D eigenvalue weighted by molar-refractivity contribution is 0.302. The van der Waals surface area contributed by atoms with Gasteiger partial charge < -0.3 is 15.4 Å². The summed E-state index contributed by atoms with van der Waals surface area (Å²) in [5.41, 5.74) is 1.02. The molecule has 5 nitrogen and oxygen atoms in total. The Bertz CT molecular complexity index is 475. The van der Waals surface area contributed by atoms with E-state index in [1.807, 2.05) is 12.1 Å². The van der Waals surface area contributed by atoms with Gasteiger partial charge in [0.25, 0.3) is 0 Å². The third kappa shape index (κ3) is 4.92. The highest BCUT2D eigenvalue weighted by molar-refractivity contribution is 5.80. The molecule has 0 spiro atoms. The van der Waals surface area contributed by atoms with Gasteiger partial charge in [0, 0.05) is 24.3 Å². The summed E-state index contributed by atoms with van der Waals surface area (Å²) in [6.45, 7) is 8.53. The molecule has 1 heterocycles. The number of aliphatic imine (C=N–C) groups is 1. The molecule has 1 aliphatic carbocycles. The fourth-order valence-electron chi connectivity index (χ4n) is 2.06. The highest BCUT2D eigenvalue weighted by Gasteiger charge is 2.33. The molecular weight excluding hydrogens is 264 g/mol. The van der Waals surface area contributed by atoms with Gasteiger partial charge in [0.2, 0.25) is 5.88 Å². The molecule has 0 saturated heterocycles. The number of ether oxygens (including phenoxy) is 1. The van der Waals surface area contributed by atoms with Gasteiger partial charge in [0.15, 0.2) is 5.96 Å². The zero-order valence-electron chi connectivity index (χ0n) is 13.2. The molecule has 2 atom stereocenters. The third-order valence-corrected chi connectivity index (χ3v) is 3.48. The van der Waals surface area contributed by atoms with Crippen LogP contribution in [0.4, 0.5) is 0 Å². The third-order valence-electron chi connectivity index (χ3n) is 3.48. The quantitative estimate of drug-likeness (QED) is 0.598. The van der Waals surface area contributed by atoms with E-state index in [1.165, 1.54) is 6.42 Å². The molecule has 5 heteroatoms. The first kappa shape index (κ1) is 15.6. The van der Waals surface area contributed by atoms with Crippen molar-refractivity contribution in [2.45, 2.75) is 46.2 Å². The van der Waals surface area contributed by atoms with Gasteiger partial charge in [0.05, 0.1) is 13.2 Å². The topological polar surface area (TPSA) is 58.5 Å². The summed E-state index contributed by atoms with van der Waals surface area (Å²) in [4.78, 5) is 8.93. The maximum absolute atomic E-state index is 5.67. The lowest BCUT2D eigenvalue weighted by Crippen LogP contribution is -2.39. The van der Waals surface area contributed by atoms with Crippen LogP contribution in [0.5, 0.6) is 5.88 Å². The Hall–Kier alpha value is -1.78. The molecule has 2 unspecified atom stereocenters. The van der Waals surface area contributed by atoms with Crippen molar-refractivity contribution in [2.75, 3.05) is 13.2 Å². The van der Waals surface area contributed by atoms with Crippen LogP contribution in [0.25, 0.3) is 0 Å². The Kier molecular flexibility index (Phi) is 5.84. The first-order valence-corrected chi connectivity index (χ1v) is 7.86. The zero-order chi connectivity index (χ0) is 15.1. The summed E-state index contributed by atoms with van der Waals surface area (Å²) in [5.74, 6) is 2.31. The normalized spacial score (nSPS) is 21.0. The lowest BCUT2D eigenvalue weighted by atomic mass is 10.3. The van der Waals surface area contributed by atoms with Crippen molar-refractivity contribution in [3.8, 4) is 5.88 Å². The number of rotatable bonds is 7. The van der Waals surface area contributed by atoms with E-state index in [1.54, 1.807) is 6.20 Å². The van der Waals surface area contributed by atoms with Gasteiger partial charge in [-0.15, -0.1) is 0 Å². The van der Waals surface area contributed by atoms with E-state index in [0.717, 1.165) is 30.4 Å². The molecule has 2 N–H and O–H groups in total. The minimum atomic E-state index is 0.563.